The van der Waals surface area contributed by atoms with Gasteiger partial charge < -0.3 is 10.2 Å². The number of hydrogen-bond donors (Lipinski definition) is 1. The molecule has 3 nitrogen and oxygen atoms in total. The molecule has 0 spiro atoms. The summed E-state index contributed by atoms with van der Waals surface area (Å²) >= 11 is 0. The van der Waals surface area contributed by atoms with Crippen LogP contribution in [0.4, 0.5) is 0 Å². The van der Waals surface area contributed by atoms with Crippen LogP contribution in [-0.4, -0.2) is 61.2 Å². The Morgan fingerprint density at radius 3 is 2.56 bits per heavy atom. The Morgan fingerprint density at radius 2 is 1.67 bits per heavy atom. The largest absolute Gasteiger partial charge is 0.311 e. The monoisotopic (exact) mass is 251 g/mol. The van der Waals surface area contributed by atoms with Crippen molar-refractivity contribution in [1.82, 2.24) is 15.1 Å². The van der Waals surface area contributed by atoms with Gasteiger partial charge in [0.1, 0.15) is 0 Å². The molecule has 0 amide bonds. The molecular weight excluding hydrogens is 222 g/mol. The third-order valence-electron chi connectivity index (χ3n) is 5.14. The summed E-state index contributed by atoms with van der Waals surface area (Å²) in [6.07, 6.45) is 9.97. The van der Waals surface area contributed by atoms with E-state index in [1.165, 1.54) is 84.2 Å². The van der Waals surface area contributed by atoms with E-state index in [1.54, 1.807) is 0 Å². The molecule has 3 aliphatic rings. The predicted octanol–water partition coefficient (Wildman–Crippen LogP) is 1.69. The number of fused-ring (bicyclic) bond motifs is 1. The molecule has 0 aromatic rings. The highest BCUT2D eigenvalue weighted by Gasteiger charge is 2.34. The van der Waals surface area contributed by atoms with Crippen LogP contribution in [0.15, 0.2) is 0 Å². The minimum absolute atomic E-state index is 0.787. The van der Waals surface area contributed by atoms with E-state index in [1.807, 2.05) is 0 Å². The van der Waals surface area contributed by atoms with E-state index < -0.39 is 0 Å². The second-order valence-electron chi connectivity index (χ2n) is 6.35. The Bertz CT molecular complexity index is 250. The summed E-state index contributed by atoms with van der Waals surface area (Å²) < 4.78 is 0. The minimum Gasteiger partial charge on any atom is -0.311 e. The molecule has 0 bridgehead atoms. The van der Waals surface area contributed by atoms with Crippen LogP contribution in [0.2, 0.25) is 0 Å². The zero-order valence-corrected chi connectivity index (χ0v) is 11.7. The summed E-state index contributed by atoms with van der Waals surface area (Å²) in [5.74, 6) is 0. The van der Waals surface area contributed by atoms with Gasteiger partial charge in [0.2, 0.25) is 0 Å². The Labute approximate surface area is 112 Å². The lowest BCUT2D eigenvalue weighted by atomic mass is 9.99. The lowest BCUT2D eigenvalue weighted by molar-refractivity contribution is 0.176. The zero-order chi connectivity index (χ0) is 12.2. The highest BCUT2D eigenvalue weighted by Crippen LogP contribution is 2.26. The van der Waals surface area contributed by atoms with Crippen LogP contribution >= 0.6 is 0 Å². The van der Waals surface area contributed by atoms with Gasteiger partial charge in [0.15, 0.2) is 0 Å². The van der Waals surface area contributed by atoms with Gasteiger partial charge >= 0.3 is 0 Å². The van der Waals surface area contributed by atoms with Gasteiger partial charge in [0.25, 0.3) is 0 Å². The molecule has 0 aliphatic carbocycles. The Balaban J connectivity index is 1.37. The van der Waals surface area contributed by atoms with Gasteiger partial charge in [-0.2, -0.15) is 0 Å². The van der Waals surface area contributed by atoms with E-state index in [4.69, 9.17) is 0 Å². The molecule has 3 fully saturated rings. The maximum atomic E-state index is 3.84. The number of nitrogens with one attached hydrogen (secondary N) is 1. The summed E-state index contributed by atoms with van der Waals surface area (Å²) in [7, 11) is 0. The highest BCUT2D eigenvalue weighted by atomic mass is 15.2. The molecule has 3 rings (SSSR count). The van der Waals surface area contributed by atoms with Gasteiger partial charge in [-0.25, -0.2) is 0 Å². The fourth-order valence-electron chi connectivity index (χ4n) is 4.08. The van der Waals surface area contributed by atoms with Crippen molar-refractivity contribution in [3.63, 3.8) is 0 Å². The fourth-order valence-corrected chi connectivity index (χ4v) is 4.08. The van der Waals surface area contributed by atoms with Crippen LogP contribution in [0, 0.1) is 0 Å². The molecule has 18 heavy (non-hydrogen) atoms. The Morgan fingerprint density at radius 1 is 0.833 bits per heavy atom. The molecule has 3 saturated heterocycles. The highest BCUT2D eigenvalue weighted by molar-refractivity contribution is 4.93. The average molecular weight is 251 g/mol. The summed E-state index contributed by atoms with van der Waals surface area (Å²) in [5, 5.41) is 3.84. The molecule has 0 aromatic heterocycles. The molecular formula is C15H29N3. The maximum Gasteiger partial charge on any atom is 0.0249 e. The lowest BCUT2D eigenvalue weighted by Crippen LogP contribution is -2.47. The third kappa shape index (κ3) is 3.06. The normalized spacial score (nSPS) is 34.7. The molecule has 104 valence electrons. The van der Waals surface area contributed by atoms with Crippen LogP contribution in [0.3, 0.4) is 0 Å². The number of hydrogen-bond acceptors (Lipinski definition) is 3. The van der Waals surface area contributed by atoms with Gasteiger partial charge in [-0.15, -0.1) is 0 Å². The van der Waals surface area contributed by atoms with Crippen molar-refractivity contribution in [2.75, 3.05) is 39.3 Å². The first-order valence-electron chi connectivity index (χ1n) is 8.13. The third-order valence-corrected chi connectivity index (χ3v) is 5.14. The summed E-state index contributed by atoms with van der Waals surface area (Å²) in [6, 6.07) is 1.65. The van der Waals surface area contributed by atoms with Crippen molar-refractivity contribution in [2.24, 2.45) is 0 Å². The van der Waals surface area contributed by atoms with Crippen LogP contribution in [0.5, 0.6) is 0 Å². The predicted molar refractivity (Wildman–Crippen MR) is 75.9 cm³/mol. The standard InChI is InChI=1S/C15H29N3/c1-3-9-17(10-4-1)13-8-16-14-7-12-18-11-5-2-6-15(14)18/h14-16H,1-13H2. The van der Waals surface area contributed by atoms with Crippen molar-refractivity contribution >= 4 is 0 Å². The van der Waals surface area contributed by atoms with Crippen LogP contribution in [-0.2, 0) is 0 Å². The number of nitrogens with zero attached hydrogens (tertiary/aromatic N) is 2. The number of likely N-dealkylation sites (tertiary alicyclic amines) is 1. The fraction of sp³-hybridized carbons (Fsp3) is 1.00. The smallest absolute Gasteiger partial charge is 0.0249 e. The van der Waals surface area contributed by atoms with Crippen LogP contribution in [0.25, 0.3) is 0 Å². The summed E-state index contributed by atoms with van der Waals surface area (Å²) in [4.78, 5) is 5.37. The first-order valence-corrected chi connectivity index (χ1v) is 8.13. The maximum absolute atomic E-state index is 3.84. The van der Waals surface area contributed by atoms with E-state index in [9.17, 15) is 0 Å². The molecule has 3 heteroatoms. The SMILES string of the molecule is C1CCN(CCNC2CCN3CCCCC23)CC1. The molecule has 3 heterocycles. The van der Waals surface area contributed by atoms with Gasteiger partial charge in [-0.3, -0.25) is 4.90 Å². The van der Waals surface area contributed by atoms with Gasteiger partial charge in [-0.05, 0) is 51.7 Å². The topological polar surface area (TPSA) is 18.5 Å². The van der Waals surface area contributed by atoms with Crippen molar-refractivity contribution in [3.05, 3.63) is 0 Å². The molecule has 0 saturated carbocycles. The molecule has 0 aromatic carbocycles. The van der Waals surface area contributed by atoms with Gasteiger partial charge in [-0.1, -0.05) is 12.8 Å². The Hall–Kier alpha value is -0.120. The lowest BCUT2D eigenvalue weighted by Gasteiger charge is -2.33. The molecule has 2 unspecified atom stereocenters. The first kappa shape index (κ1) is 12.9. The molecule has 3 aliphatic heterocycles. The first-order chi connectivity index (χ1) is 8.93. The average Bonchev–Trinajstić information content (AvgIpc) is 2.84. The van der Waals surface area contributed by atoms with Crippen LogP contribution in [0.1, 0.15) is 44.9 Å². The molecule has 0 radical (unpaired) electrons. The van der Waals surface area contributed by atoms with E-state index in [2.05, 4.69) is 15.1 Å². The van der Waals surface area contributed by atoms with Crippen molar-refractivity contribution in [3.8, 4) is 0 Å². The number of rotatable bonds is 4. The zero-order valence-electron chi connectivity index (χ0n) is 11.7. The Kier molecular flexibility index (Phi) is 4.55. The van der Waals surface area contributed by atoms with E-state index in [-0.39, 0.29) is 0 Å². The second kappa shape index (κ2) is 6.36. The van der Waals surface area contributed by atoms with Crippen molar-refractivity contribution in [1.29, 1.82) is 0 Å². The summed E-state index contributed by atoms with van der Waals surface area (Å²) in [6.45, 7) is 7.84. The minimum atomic E-state index is 0.787. The van der Waals surface area contributed by atoms with E-state index >= 15 is 0 Å². The van der Waals surface area contributed by atoms with Crippen LogP contribution < -0.4 is 5.32 Å². The summed E-state index contributed by atoms with van der Waals surface area (Å²) in [5.41, 5.74) is 0. The van der Waals surface area contributed by atoms with Gasteiger partial charge in [0, 0.05) is 31.7 Å². The van der Waals surface area contributed by atoms with E-state index in [0.29, 0.717) is 0 Å². The number of piperidine rings is 2. The quantitative estimate of drug-likeness (QED) is 0.820. The molecule has 1 N–H and O–H groups in total. The van der Waals surface area contributed by atoms with Gasteiger partial charge in [0.05, 0.1) is 0 Å². The van der Waals surface area contributed by atoms with Crippen molar-refractivity contribution < 1.29 is 0 Å². The molecule has 2 atom stereocenters. The van der Waals surface area contributed by atoms with E-state index in [0.717, 1.165) is 12.1 Å². The second-order valence-corrected chi connectivity index (χ2v) is 6.35. The van der Waals surface area contributed by atoms with Crippen molar-refractivity contribution in [2.45, 2.75) is 57.0 Å².